The Hall–Kier alpha value is -0.610. The third kappa shape index (κ3) is 2.08. The third-order valence-corrected chi connectivity index (χ3v) is 4.38. The Morgan fingerprint density at radius 2 is 2.18 bits per heavy atom. The van der Waals surface area contributed by atoms with Crippen LogP contribution in [0, 0.1) is 5.92 Å². The number of fused-ring (bicyclic) bond motifs is 2. The van der Waals surface area contributed by atoms with E-state index in [-0.39, 0.29) is 29.9 Å². The molecule has 0 N–H and O–H groups in total. The zero-order valence-corrected chi connectivity index (χ0v) is 11.1. The van der Waals surface area contributed by atoms with Gasteiger partial charge < -0.3 is 14.2 Å². The molecule has 2 unspecified atom stereocenters. The maximum Gasteiger partial charge on any atom is 0.331 e. The second-order valence-electron chi connectivity index (χ2n) is 5.71. The second kappa shape index (κ2) is 4.25. The summed E-state index contributed by atoms with van der Waals surface area (Å²) >= 11 is 0. The number of carbonyl (C=O) groups excluding carboxylic acids is 1. The van der Waals surface area contributed by atoms with E-state index in [1.54, 1.807) is 0 Å². The zero-order chi connectivity index (χ0) is 12.7. The fourth-order valence-corrected chi connectivity index (χ4v) is 3.03. The Morgan fingerprint density at radius 1 is 1.47 bits per heavy atom. The maximum absolute atomic E-state index is 11.1. The van der Waals surface area contributed by atoms with Gasteiger partial charge in [0.2, 0.25) is 0 Å². The van der Waals surface area contributed by atoms with Gasteiger partial charge in [-0.1, -0.05) is 13.8 Å². The Labute approximate surface area is 103 Å². The van der Waals surface area contributed by atoms with E-state index in [9.17, 15) is 4.79 Å². The molecule has 2 heterocycles. The first-order valence-corrected chi connectivity index (χ1v) is 6.30. The fourth-order valence-electron chi connectivity index (χ4n) is 3.03. The monoisotopic (exact) mass is 242 g/mol. The van der Waals surface area contributed by atoms with Crippen molar-refractivity contribution in [3.63, 3.8) is 0 Å². The standard InChI is InChI=1S/C13H22O4/c1-9(2)13-6-5-12(3,17-13)10(7-13)16-8-11(14)15-4/h9-10H,5-8H2,1-4H3/t10-,12?,13?/m1/s1. The first-order chi connectivity index (χ1) is 7.92. The van der Waals surface area contributed by atoms with Crippen LogP contribution in [0.25, 0.3) is 0 Å². The van der Waals surface area contributed by atoms with E-state index in [1.165, 1.54) is 7.11 Å². The van der Waals surface area contributed by atoms with Crippen LogP contribution in [-0.4, -0.2) is 37.0 Å². The van der Waals surface area contributed by atoms with Crippen molar-refractivity contribution >= 4 is 5.97 Å². The largest absolute Gasteiger partial charge is 0.467 e. The van der Waals surface area contributed by atoms with Crippen molar-refractivity contribution in [2.75, 3.05) is 13.7 Å². The van der Waals surface area contributed by atoms with E-state index >= 15 is 0 Å². The summed E-state index contributed by atoms with van der Waals surface area (Å²) in [4.78, 5) is 11.1. The van der Waals surface area contributed by atoms with Crippen LogP contribution in [0.3, 0.4) is 0 Å². The highest BCUT2D eigenvalue weighted by atomic mass is 16.6. The molecule has 98 valence electrons. The van der Waals surface area contributed by atoms with E-state index < -0.39 is 0 Å². The summed E-state index contributed by atoms with van der Waals surface area (Å²) in [5.41, 5.74) is -0.270. The number of esters is 1. The van der Waals surface area contributed by atoms with Crippen molar-refractivity contribution in [1.29, 1.82) is 0 Å². The van der Waals surface area contributed by atoms with Gasteiger partial charge in [0.05, 0.1) is 24.4 Å². The molecule has 0 saturated carbocycles. The molecule has 2 rings (SSSR count). The minimum Gasteiger partial charge on any atom is -0.467 e. The average molecular weight is 242 g/mol. The predicted octanol–water partition coefficient (Wildman–Crippen LogP) is 1.91. The normalized spacial score (nSPS) is 39.9. The van der Waals surface area contributed by atoms with Gasteiger partial charge in [-0.3, -0.25) is 0 Å². The van der Waals surface area contributed by atoms with Crippen molar-refractivity contribution in [3.8, 4) is 0 Å². The first kappa shape index (κ1) is 12.8. The van der Waals surface area contributed by atoms with Crippen LogP contribution in [0.4, 0.5) is 0 Å². The lowest BCUT2D eigenvalue weighted by atomic mass is 9.75. The number of ether oxygens (including phenoxy) is 3. The molecule has 4 heteroatoms. The molecule has 0 aromatic carbocycles. The summed E-state index contributed by atoms with van der Waals surface area (Å²) < 4.78 is 16.5. The van der Waals surface area contributed by atoms with Crippen molar-refractivity contribution in [2.45, 2.75) is 57.3 Å². The molecule has 2 saturated heterocycles. The van der Waals surface area contributed by atoms with Gasteiger partial charge in [0.1, 0.15) is 6.61 Å². The summed E-state index contributed by atoms with van der Waals surface area (Å²) in [6.45, 7) is 6.49. The Kier molecular flexibility index (Phi) is 3.21. The Morgan fingerprint density at radius 3 is 2.71 bits per heavy atom. The average Bonchev–Trinajstić information content (AvgIpc) is 2.77. The van der Waals surface area contributed by atoms with Crippen molar-refractivity contribution in [3.05, 3.63) is 0 Å². The van der Waals surface area contributed by atoms with Crippen LogP contribution in [0.2, 0.25) is 0 Å². The van der Waals surface area contributed by atoms with Crippen LogP contribution in [0.15, 0.2) is 0 Å². The highest BCUT2D eigenvalue weighted by Crippen LogP contribution is 2.54. The maximum atomic E-state index is 11.1. The van der Waals surface area contributed by atoms with Crippen molar-refractivity contribution in [2.24, 2.45) is 5.92 Å². The molecule has 3 atom stereocenters. The Balaban J connectivity index is 2.00. The molecule has 0 aliphatic carbocycles. The molecule has 0 aromatic rings. The van der Waals surface area contributed by atoms with Crippen LogP contribution in [0.1, 0.15) is 40.0 Å². The smallest absolute Gasteiger partial charge is 0.331 e. The molecule has 17 heavy (non-hydrogen) atoms. The van der Waals surface area contributed by atoms with Gasteiger partial charge in [0, 0.05) is 6.42 Å². The van der Waals surface area contributed by atoms with Gasteiger partial charge in [-0.05, 0) is 25.7 Å². The van der Waals surface area contributed by atoms with E-state index in [2.05, 4.69) is 25.5 Å². The van der Waals surface area contributed by atoms with Crippen LogP contribution in [-0.2, 0) is 19.0 Å². The van der Waals surface area contributed by atoms with Gasteiger partial charge >= 0.3 is 5.97 Å². The molecular formula is C13H22O4. The molecule has 0 radical (unpaired) electrons. The van der Waals surface area contributed by atoms with E-state index in [4.69, 9.17) is 9.47 Å². The van der Waals surface area contributed by atoms with Crippen LogP contribution < -0.4 is 0 Å². The van der Waals surface area contributed by atoms with Crippen molar-refractivity contribution in [1.82, 2.24) is 0 Å². The van der Waals surface area contributed by atoms with Gasteiger partial charge in [-0.15, -0.1) is 0 Å². The van der Waals surface area contributed by atoms with Gasteiger partial charge in [-0.2, -0.15) is 0 Å². The second-order valence-corrected chi connectivity index (χ2v) is 5.71. The highest BCUT2D eigenvalue weighted by molar-refractivity contribution is 5.70. The Bertz CT molecular complexity index is 315. The summed E-state index contributed by atoms with van der Waals surface area (Å²) in [5.74, 6) is 0.158. The summed E-state index contributed by atoms with van der Waals surface area (Å²) in [6.07, 6.45) is 3.01. The molecular weight excluding hydrogens is 220 g/mol. The minimum atomic E-state index is -0.324. The third-order valence-electron chi connectivity index (χ3n) is 4.38. The molecule has 2 fully saturated rings. The lowest BCUT2D eigenvalue weighted by Gasteiger charge is -2.31. The summed E-state index contributed by atoms with van der Waals surface area (Å²) in [5, 5.41) is 0. The van der Waals surface area contributed by atoms with E-state index in [0.717, 1.165) is 19.3 Å². The fraction of sp³-hybridized carbons (Fsp3) is 0.923. The lowest BCUT2D eigenvalue weighted by Crippen LogP contribution is -2.39. The predicted molar refractivity (Wildman–Crippen MR) is 62.7 cm³/mol. The van der Waals surface area contributed by atoms with Crippen molar-refractivity contribution < 1.29 is 19.0 Å². The zero-order valence-electron chi connectivity index (χ0n) is 11.1. The topological polar surface area (TPSA) is 44.8 Å². The molecule has 0 spiro atoms. The van der Waals surface area contributed by atoms with Gasteiger partial charge in [0.15, 0.2) is 0 Å². The number of hydrogen-bond acceptors (Lipinski definition) is 4. The summed E-state index contributed by atoms with van der Waals surface area (Å²) in [6, 6.07) is 0. The quantitative estimate of drug-likeness (QED) is 0.706. The molecule has 0 aromatic heterocycles. The first-order valence-electron chi connectivity index (χ1n) is 6.30. The number of methoxy groups -OCH3 is 1. The molecule has 2 bridgehead atoms. The van der Waals surface area contributed by atoms with Gasteiger partial charge in [-0.25, -0.2) is 4.79 Å². The SMILES string of the molecule is COC(=O)CO[C@@H]1CC2(C(C)C)CCC1(C)O2. The van der Waals surface area contributed by atoms with E-state index in [1.807, 2.05) is 0 Å². The minimum absolute atomic E-state index is 0.0118. The molecule has 0 amide bonds. The lowest BCUT2D eigenvalue weighted by molar-refractivity contribution is -0.151. The highest BCUT2D eigenvalue weighted by Gasteiger charge is 2.60. The van der Waals surface area contributed by atoms with Crippen LogP contribution in [0.5, 0.6) is 0 Å². The number of rotatable bonds is 4. The number of carbonyl (C=O) groups is 1. The van der Waals surface area contributed by atoms with E-state index in [0.29, 0.717) is 5.92 Å². The summed E-state index contributed by atoms with van der Waals surface area (Å²) in [7, 11) is 1.38. The van der Waals surface area contributed by atoms with Gasteiger partial charge in [0.25, 0.3) is 0 Å². The molecule has 4 nitrogen and oxygen atoms in total. The molecule has 2 aliphatic heterocycles. The molecule has 2 aliphatic rings. The van der Waals surface area contributed by atoms with Crippen LogP contribution >= 0.6 is 0 Å². The number of hydrogen-bond donors (Lipinski definition) is 0.